The van der Waals surface area contributed by atoms with Gasteiger partial charge in [-0.3, -0.25) is 9.71 Å². The fourth-order valence-electron chi connectivity index (χ4n) is 1.97. The van der Waals surface area contributed by atoms with E-state index >= 15 is 0 Å². The Kier molecular flexibility index (Phi) is 5.25. The van der Waals surface area contributed by atoms with Crippen molar-refractivity contribution in [3.8, 4) is 11.1 Å². The molecule has 1 aromatic carbocycles. The highest BCUT2D eigenvalue weighted by molar-refractivity contribution is 7.92. The Bertz CT molecular complexity index is 730. The molecule has 1 heterocycles. The Labute approximate surface area is 132 Å². The molecule has 4 nitrogen and oxygen atoms in total. The van der Waals surface area contributed by atoms with Gasteiger partial charge in [0.25, 0.3) is 0 Å². The lowest BCUT2D eigenvalue weighted by atomic mass is 10.1. The summed E-state index contributed by atoms with van der Waals surface area (Å²) in [4.78, 5) is 3.91. The molecule has 0 amide bonds. The van der Waals surface area contributed by atoms with E-state index in [4.69, 9.17) is 0 Å². The number of anilines is 1. The van der Waals surface area contributed by atoms with Gasteiger partial charge in [-0.2, -0.15) is 13.2 Å². The maximum absolute atomic E-state index is 12.0. The first-order chi connectivity index (χ1) is 10.8. The Balaban J connectivity index is 1.97. The van der Waals surface area contributed by atoms with E-state index in [0.29, 0.717) is 5.69 Å². The summed E-state index contributed by atoms with van der Waals surface area (Å²) < 4.78 is 61.9. The molecule has 0 aliphatic carbocycles. The van der Waals surface area contributed by atoms with Crippen molar-refractivity contribution in [3.05, 3.63) is 48.8 Å². The lowest BCUT2D eigenvalue weighted by molar-refractivity contribution is -0.134. The van der Waals surface area contributed by atoms with Gasteiger partial charge in [0.2, 0.25) is 10.0 Å². The fourth-order valence-corrected chi connectivity index (χ4v) is 3.09. The van der Waals surface area contributed by atoms with Crippen LogP contribution in [0.5, 0.6) is 0 Å². The monoisotopic (exact) mass is 344 g/mol. The second-order valence-corrected chi connectivity index (χ2v) is 6.79. The van der Waals surface area contributed by atoms with Crippen molar-refractivity contribution in [2.75, 3.05) is 10.5 Å². The molecule has 1 aromatic heterocycles. The van der Waals surface area contributed by atoms with E-state index in [-0.39, 0.29) is 0 Å². The van der Waals surface area contributed by atoms with Crippen molar-refractivity contribution in [2.45, 2.75) is 19.0 Å². The van der Waals surface area contributed by atoms with E-state index in [9.17, 15) is 21.6 Å². The maximum Gasteiger partial charge on any atom is 0.389 e. The first-order valence-corrected chi connectivity index (χ1v) is 8.48. The van der Waals surface area contributed by atoms with Crippen molar-refractivity contribution in [1.82, 2.24) is 4.98 Å². The van der Waals surface area contributed by atoms with E-state index in [1.807, 2.05) is 12.1 Å². The molecule has 2 aromatic rings. The van der Waals surface area contributed by atoms with E-state index in [1.165, 1.54) is 0 Å². The minimum absolute atomic E-state index is 0.315. The van der Waals surface area contributed by atoms with Gasteiger partial charge in [-0.15, -0.1) is 0 Å². The lowest BCUT2D eigenvalue weighted by Crippen LogP contribution is -2.18. The molecule has 0 aliphatic heterocycles. The minimum atomic E-state index is -4.35. The van der Waals surface area contributed by atoms with Gasteiger partial charge in [0.15, 0.2) is 0 Å². The Hall–Kier alpha value is -2.09. The summed E-state index contributed by atoms with van der Waals surface area (Å²) in [6.07, 6.45) is -2.64. The normalized spacial score (nSPS) is 12.1. The van der Waals surface area contributed by atoms with Crippen LogP contribution in [0.15, 0.2) is 48.8 Å². The lowest BCUT2D eigenvalue weighted by Gasteiger charge is -2.10. The fraction of sp³-hybridized carbons (Fsp3) is 0.267. The van der Waals surface area contributed by atoms with Crippen molar-refractivity contribution in [1.29, 1.82) is 0 Å². The number of nitrogens with zero attached hydrogens (tertiary/aromatic N) is 1. The summed E-state index contributed by atoms with van der Waals surface area (Å²) in [5.74, 6) is -0.571. The van der Waals surface area contributed by atoms with Crippen LogP contribution < -0.4 is 4.72 Å². The van der Waals surface area contributed by atoms with E-state index in [2.05, 4.69) is 9.71 Å². The molecule has 0 spiro atoms. The molecule has 0 bridgehead atoms. The number of alkyl halides is 3. The van der Waals surface area contributed by atoms with Gasteiger partial charge in [0.1, 0.15) is 0 Å². The average molecular weight is 344 g/mol. The number of nitrogens with one attached hydrogen (secondary N) is 1. The third-order valence-corrected chi connectivity index (χ3v) is 4.42. The first kappa shape index (κ1) is 17.3. The van der Waals surface area contributed by atoms with Gasteiger partial charge in [-0.1, -0.05) is 12.1 Å². The zero-order chi connectivity index (χ0) is 16.9. The Morgan fingerprint density at radius 2 is 1.52 bits per heavy atom. The first-order valence-electron chi connectivity index (χ1n) is 6.83. The Morgan fingerprint density at radius 1 is 0.957 bits per heavy atom. The molecule has 0 aliphatic rings. The number of aromatic nitrogens is 1. The van der Waals surface area contributed by atoms with Gasteiger partial charge in [-0.05, 0) is 41.8 Å². The number of benzene rings is 1. The molecule has 124 valence electrons. The smallest absolute Gasteiger partial charge is 0.284 e. The van der Waals surface area contributed by atoms with Crippen LogP contribution in [0.4, 0.5) is 18.9 Å². The quantitative estimate of drug-likeness (QED) is 0.866. The number of halogens is 3. The molecule has 0 unspecified atom stereocenters. The zero-order valence-corrected chi connectivity index (χ0v) is 12.9. The van der Waals surface area contributed by atoms with E-state index in [0.717, 1.165) is 11.1 Å². The van der Waals surface area contributed by atoms with Crippen molar-refractivity contribution in [2.24, 2.45) is 0 Å². The van der Waals surface area contributed by atoms with Crippen LogP contribution in [0.1, 0.15) is 12.8 Å². The maximum atomic E-state index is 12.0. The molecule has 1 N–H and O–H groups in total. The molecule has 8 heteroatoms. The van der Waals surface area contributed by atoms with Crippen LogP contribution in [-0.2, 0) is 10.0 Å². The predicted molar refractivity (Wildman–Crippen MR) is 82.4 cm³/mol. The molecule has 0 fully saturated rings. The zero-order valence-electron chi connectivity index (χ0n) is 12.0. The molecular weight excluding hydrogens is 329 g/mol. The van der Waals surface area contributed by atoms with Gasteiger partial charge >= 0.3 is 6.18 Å². The number of rotatable bonds is 6. The molecule has 0 saturated heterocycles. The number of hydrogen-bond acceptors (Lipinski definition) is 3. The summed E-state index contributed by atoms with van der Waals surface area (Å²) in [6, 6.07) is 10.2. The van der Waals surface area contributed by atoms with E-state index in [1.54, 1.807) is 36.7 Å². The molecule has 23 heavy (non-hydrogen) atoms. The van der Waals surface area contributed by atoms with E-state index < -0.39 is 34.8 Å². The summed E-state index contributed by atoms with van der Waals surface area (Å²) in [5, 5.41) is 0. The van der Waals surface area contributed by atoms with Gasteiger partial charge in [0, 0.05) is 24.5 Å². The van der Waals surface area contributed by atoms with Crippen LogP contribution in [0, 0.1) is 0 Å². The van der Waals surface area contributed by atoms with Gasteiger partial charge in [-0.25, -0.2) is 8.42 Å². The average Bonchev–Trinajstić information content (AvgIpc) is 2.47. The topological polar surface area (TPSA) is 59.1 Å². The summed E-state index contributed by atoms with van der Waals surface area (Å²) in [7, 11) is -3.79. The molecule has 0 saturated carbocycles. The van der Waals surface area contributed by atoms with Gasteiger partial charge in [0.05, 0.1) is 5.75 Å². The third kappa shape index (κ3) is 5.90. The molecule has 0 radical (unpaired) electrons. The highest BCUT2D eigenvalue weighted by atomic mass is 32.2. The van der Waals surface area contributed by atoms with Crippen LogP contribution in [-0.4, -0.2) is 25.3 Å². The summed E-state index contributed by atoms with van der Waals surface area (Å²) >= 11 is 0. The molecule has 2 rings (SSSR count). The minimum Gasteiger partial charge on any atom is -0.284 e. The highest BCUT2D eigenvalue weighted by Gasteiger charge is 2.27. The predicted octanol–water partition coefficient (Wildman–Crippen LogP) is 3.83. The van der Waals surface area contributed by atoms with Gasteiger partial charge < -0.3 is 0 Å². The number of pyridine rings is 1. The third-order valence-electron chi connectivity index (χ3n) is 3.05. The summed E-state index contributed by atoms with van der Waals surface area (Å²) in [6.45, 7) is 0. The van der Waals surface area contributed by atoms with Crippen molar-refractivity contribution >= 4 is 15.7 Å². The Morgan fingerprint density at radius 3 is 2.09 bits per heavy atom. The van der Waals surface area contributed by atoms with Crippen LogP contribution >= 0.6 is 0 Å². The number of sulfonamides is 1. The van der Waals surface area contributed by atoms with Crippen molar-refractivity contribution in [3.63, 3.8) is 0 Å². The largest absolute Gasteiger partial charge is 0.389 e. The standard InChI is InChI=1S/C15H15F3N2O2S/c16-15(17,18)8-1-11-23(21,22)20-14-4-2-12(3-5-14)13-6-9-19-10-7-13/h2-7,9-10,20H,1,8,11H2. The van der Waals surface area contributed by atoms with Crippen LogP contribution in [0.2, 0.25) is 0 Å². The second kappa shape index (κ2) is 6.99. The number of hydrogen-bond donors (Lipinski definition) is 1. The molecular formula is C15H15F3N2O2S. The highest BCUT2D eigenvalue weighted by Crippen LogP contribution is 2.23. The molecule has 0 atom stereocenters. The van der Waals surface area contributed by atoms with Crippen LogP contribution in [0.25, 0.3) is 11.1 Å². The van der Waals surface area contributed by atoms with Crippen LogP contribution in [0.3, 0.4) is 0 Å². The van der Waals surface area contributed by atoms with Crippen molar-refractivity contribution < 1.29 is 21.6 Å². The SMILES string of the molecule is O=S(=O)(CCCC(F)(F)F)Nc1ccc(-c2ccncc2)cc1. The second-order valence-electron chi connectivity index (χ2n) is 4.95. The summed E-state index contributed by atoms with van der Waals surface area (Å²) in [5.41, 5.74) is 2.13.